The van der Waals surface area contributed by atoms with Gasteiger partial charge >= 0.3 is 0 Å². The van der Waals surface area contributed by atoms with Crippen molar-refractivity contribution in [1.29, 1.82) is 0 Å². The van der Waals surface area contributed by atoms with E-state index in [0.29, 0.717) is 17.1 Å². The second kappa shape index (κ2) is 4.82. The van der Waals surface area contributed by atoms with Crippen LogP contribution in [0.2, 0.25) is 0 Å². The van der Waals surface area contributed by atoms with E-state index in [2.05, 4.69) is 6.58 Å². The molecule has 1 heterocycles. The monoisotopic (exact) mass is 260 g/mol. The fraction of sp³-hybridized carbons (Fsp3) is 0.214. The van der Waals surface area contributed by atoms with Gasteiger partial charge < -0.3 is 10.6 Å². The van der Waals surface area contributed by atoms with Gasteiger partial charge in [-0.25, -0.2) is 0 Å². The number of hydrogen-bond donors (Lipinski definition) is 1. The molecule has 1 aromatic heterocycles. The summed E-state index contributed by atoms with van der Waals surface area (Å²) in [7, 11) is 1.75. The van der Waals surface area contributed by atoms with E-state index >= 15 is 0 Å². The molecule has 18 heavy (non-hydrogen) atoms. The van der Waals surface area contributed by atoms with Gasteiger partial charge in [-0.1, -0.05) is 24.3 Å². The van der Waals surface area contributed by atoms with Crippen molar-refractivity contribution in [2.75, 3.05) is 19.3 Å². The number of carbonyl (C=O) groups excluding carboxylic acids is 1. The predicted molar refractivity (Wildman–Crippen MR) is 78.1 cm³/mol. The van der Waals surface area contributed by atoms with Gasteiger partial charge in [0.05, 0.1) is 5.69 Å². The molecule has 0 fully saturated rings. The van der Waals surface area contributed by atoms with Gasteiger partial charge in [-0.15, -0.1) is 17.9 Å². The van der Waals surface area contributed by atoms with Gasteiger partial charge in [0.2, 0.25) is 0 Å². The second-order valence-electron chi connectivity index (χ2n) is 4.27. The summed E-state index contributed by atoms with van der Waals surface area (Å²) in [5.74, 6) is -0.0481. The van der Waals surface area contributed by atoms with E-state index in [1.54, 1.807) is 18.0 Å². The SMILES string of the molecule is C=CCN(C)C(=O)c1sc2c(C)cccc2c1N. The molecule has 1 amide bonds. The van der Waals surface area contributed by atoms with Crippen molar-refractivity contribution in [2.45, 2.75) is 6.92 Å². The number of carbonyl (C=O) groups is 1. The first kappa shape index (κ1) is 12.6. The zero-order valence-electron chi connectivity index (χ0n) is 10.6. The van der Waals surface area contributed by atoms with Gasteiger partial charge in [0.1, 0.15) is 4.88 Å². The van der Waals surface area contributed by atoms with Gasteiger partial charge in [-0.05, 0) is 12.5 Å². The third kappa shape index (κ3) is 1.99. The highest BCUT2D eigenvalue weighted by Gasteiger charge is 2.19. The van der Waals surface area contributed by atoms with Gasteiger partial charge in [0, 0.05) is 23.7 Å². The number of fused-ring (bicyclic) bond motifs is 1. The molecular formula is C14H16N2OS. The minimum absolute atomic E-state index is 0.0481. The van der Waals surface area contributed by atoms with Crippen LogP contribution in [0, 0.1) is 6.92 Å². The third-order valence-electron chi connectivity index (χ3n) is 2.89. The lowest BCUT2D eigenvalue weighted by Gasteiger charge is -2.13. The fourth-order valence-corrected chi connectivity index (χ4v) is 3.07. The number of thiophene rings is 1. The first-order chi connectivity index (χ1) is 8.56. The quantitative estimate of drug-likeness (QED) is 0.862. The van der Waals surface area contributed by atoms with Gasteiger partial charge in [-0.2, -0.15) is 0 Å². The van der Waals surface area contributed by atoms with E-state index in [0.717, 1.165) is 15.6 Å². The summed E-state index contributed by atoms with van der Waals surface area (Å²) in [6, 6.07) is 5.95. The molecule has 0 aliphatic carbocycles. The topological polar surface area (TPSA) is 46.3 Å². The third-order valence-corrected chi connectivity index (χ3v) is 4.24. The molecule has 0 saturated carbocycles. The van der Waals surface area contributed by atoms with Crippen molar-refractivity contribution >= 4 is 33.0 Å². The number of nitrogens with two attached hydrogens (primary N) is 1. The van der Waals surface area contributed by atoms with E-state index < -0.39 is 0 Å². The second-order valence-corrected chi connectivity index (χ2v) is 5.29. The zero-order valence-corrected chi connectivity index (χ0v) is 11.4. The molecule has 1 aromatic carbocycles. The Morgan fingerprint density at radius 3 is 2.89 bits per heavy atom. The maximum absolute atomic E-state index is 12.2. The Morgan fingerprint density at radius 2 is 2.28 bits per heavy atom. The maximum atomic E-state index is 12.2. The summed E-state index contributed by atoms with van der Waals surface area (Å²) in [6.07, 6.45) is 1.70. The number of likely N-dealkylation sites (N-methyl/N-ethyl adjacent to an activating group) is 1. The summed E-state index contributed by atoms with van der Waals surface area (Å²) in [5, 5.41) is 0.968. The molecule has 2 rings (SSSR count). The molecule has 0 radical (unpaired) electrons. The number of rotatable bonds is 3. The van der Waals surface area contributed by atoms with Crippen LogP contribution in [0.25, 0.3) is 10.1 Å². The van der Waals surface area contributed by atoms with E-state index in [9.17, 15) is 4.79 Å². The molecule has 0 aliphatic heterocycles. The molecule has 0 bridgehead atoms. The Balaban J connectivity index is 2.52. The van der Waals surface area contributed by atoms with Crippen LogP contribution in [-0.2, 0) is 0 Å². The van der Waals surface area contributed by atoms with Crippen LogP contribution in [0.3, 0.4) is 0 Å². The van der Waals surface area contributed by atoms with Crippen molar-refractivity contribution in [1.82, 2.24) is 4.90 Å². The van der Waals surface area contributed by atoms with E-state index in [4.69, 9.17) is 5.73 Å². The number of nitrogen functional groups attached to an aromatic ring is 1. The van der Waals surface area contributed by atoms with Crippen molar-refractivity contribution in [3.63, 3.8) is 0 Å². The molecule has 0 spiro atoms. The first-order valence-corrected chi connectivity index (χ1v) is 6.52. The van der Waals surface area contributed by atoms with Crippen molar-refractivity contribution in [2.24, 2.45) is 0 Å². The Hall–Kier alpha value is -1.81. The molecule has 0 aliphatic rings. The van der Waals surface area contributed by atoms with Crippen LogP contribution in [0.5, 0.6) is 0 Å². The Bertz CT molecular complexity index is 616. The number of hydrogen-bond acceptors (Lipinski definition) is 3. The molecule has 0 saturated heterocycles. The van der Waals surface area contributed by atoms with Gasteiger partial charge in [0.25, 0.3) is 5.91 Å². The summed E-state index contributed by atoms with van der Waals surface area (Å²) in [5.41, 5.74) is 7.81. The van der Waals surface area contributed by atoms with Crippen molar-refractivity contribution in [3.05, 3.63) is 41.3 Å². The fourth-order valence-electron chi connectivity index (χ4n) is 1.89. The van der Waals surface area contributed by atoms with E-state index in [-0.39, 0.29) is 5.91 Å². The lowest BCUT2D eigenvalue weighted by Crippen LogP contribution is -2.26. The first-order valence-electron chi connectivity index (χ1n) is 5.70. The predicted octanol–water partition coefficient (Wildman–Crippen LogP) is 3.05. The highest BCUT2D eigenvalue weighted by Crippen LogP contribution is 2.36. The van der Waals surface area contributed by atoms with Crippen molar-refractivity contribution < 1.29 is 4.79 Å². The number of anilines is 1. The Labute approximate surface area is 111 Å². The van der Waals surface area contributed by atoms with Gasteiger partial charge in [-0.3, -0.25) is 4.79 Å². The molecule has 2 N–H and O–H groups in total. The number of nitrogens with zero attached hydrogens (tertiary/aromatic N) is 1. The van der Waals surface area contributed by atoms with Gasteiger partial charge in [0.15, 0.2) is 0 Å². The normalized spacial score (nSPS) is 10.6. The van der Waals surface area contributed by atoms with Crippen LogP contribution in [0.1, 0.15) is 15.2 Å². The summed E-state index contributed by atoms with van der Waals surface area (Å²) < 4.78 is 1.09. The molecule has 94 valence electrons. The molecule has 0 unspecified atom stereocenters. The lowest BCUT2D eigenvalue weighted by atomic mass is 10.1. The molecule has 0 atom stereocenters. The van der Waals surface area contributed by atoms with Crippen LogP contribution < -0.4 is 5.73 Å². The maximum Gasteiger partial charge on any atom is 0.266 e. The average Bonchev–Trinajstić information content (AvgIpc) is 2.68. The Morgan fingerprint density at radius 1 is 1.56 bits per heavy atom. The minimum atomic E-state index is -0.0481. The van der Waals surface area contributed by atoms with Crippen LogP contribution in [0.15, 0.2) is 30.9 Å². The highest BCUT2D eigenvalue weighted by molar-refractivity contribution is 7.21. The van der Waals surface area contributed by atoms with Crippen LogP contribution in [0.4, 0.5) is 5.69 Å². The van der Waals surface area contributed by atoms with E-state index in [1.807, 2.05) is 25.1 Å². The lowest BCUT2D eigenvalue weighted by molar-refractivity contribution is 0.0816. The zero-order chi connectivity index (χ0) is 13.3. The summed E-state index contributed by atoms with van der Waals surface area (Å²) in [4.78, 5) is 14.5. The standard InChI is InChI=1S/C14H16N2OS/c1-4-8-16(3)14(17)13-11(15)10-7-5-6-9(2)12(10)18-13/h4-7H,1,8,15H2,2-3H3. The molecule has 2 aromatic rings. The number of amides is 1. The van der Waals surface area contributed by atoms with Crippen LogP contribution >= 0.6 is 11.3 Å². The number of benzene rings is 1. The largest absolute Gasteiger partial charge is 0.397 e. The highest BCUT2D eigenvalue weighted by atomic mass is 32.1. The summed E-state index contributed by atoms with van der Waals surface area (Å²) >= 11 is 1.46. The molecule has 3 nitrogen and oxygen atoms in total. The van der Waals surface area contributed by atoms with E-state index in [1.165, 1.54) is 11.3 Å². The average molecular weight is 260 g/mol. The molecular weight excluding hydrogens is 244 g/mol. The molecule has 4 heteroatoms. The smallest absolute Gasteiger partial charge is 0.266 e. The minimum Gasteiger partial charge on any atom is -0.397 e. The van der Waals surface area contributed by atoms with Crippen LogP contribution in [-0.4, -0.2) is 24.4 Å². The Kier molecular flexibility index (Phi) is 3.39. The number of aryl methyl sites for hydroxylation is 1. The van der Waals surface area contributed by atoms with Crippen molar-refractivity contribution in [3.8, 4) is 0 Å². The summed E-state index contributed by atoms with van der Waals surface area (Å²) in [6.45, 7) is 6.18.